The van der Waals surface area contributed by atoms with Crippen LogP contribution in [-0.4, -0.2) is 43.8 Å². The van der Waals surface area contributed by atoms with Gasteiger partial charge in [0.25, 0.3) is 5.91 Å². The molecule has 0 saturated carbocycles. The van der Waals surface area contributed by atoms with E-state index in [0.29, 0.717) is 16.7 Å². The molecule has 1 N–H and O–H groups in total. The van der Waals surface area contributed by atoms with Crippen LogP contribution in [0.1, 0.15) is 15.2 Å². The van der Waals surface area contributed by atoms with Gasteiger partial charge >= 0.3 is 0 Å². The standard InChI is InChI=1S/C17H17ClN2O3S/c18-13-3-8-24-16(13)17(21)20-6-4-19(5-7-20)10-12-1-2-14-15(9-12)23-11-22-14/h1-3,8-9H,4-7,10-11H2/p+1. The van der Waals surface area contributed by atoms with E-state index in [2.05, 4.69) is 12.1 Å². The van der Waals surface area contributed by atoms with Crippen molar-refractivity contribution in [3.63, 3.8) is 0 Å². The first-order valence-corrected chi connectivity index (χ1v) is 9.21. The van der Waals surface area contributed by atoms with E-state index in [1.165, 1.54) is 21.8 Å². The summed E-state index contributed by atoms with van der Waals surface area (Å²) in [6.45, 7) is 4.61. The lowest BCUT2D eigenvalue weighted by atomic mass is 10.1. The molecular weight excluding hydrogens is 348 g/mol. The summed E-state index contributed by atoms with van der Waals surface area (Å²) in [6, 6.07) is 7.89. The highest BCUT2D eigenvalue weighted by Crippen LogP contribution is 2.32. The maximum Gasteiger partial charge on any atom is 0.265 e. The summed E-state index contributed by atoms with van der Waals surface area (Å²) in [5.41, 5.74) is 1.23. The number of carbonyl (C=O) groups excluding carboxylic acids is 1. The monoisotopic (exact) mass is 365 g/mol. The average molecular weight is 366 g/mol. The zero-order valence-corrected chi connectivity index (χ0v) is 14.7. The molecule has 2 aliphatic rings. The normalized spacial score (nSPS) is 17.3. The molecule has 0 bridgehead atoms. The summed E-state index contributed by atoms with van der Waals surface area (Å²) in [7, 11) is 0. The molecule has 1 aromatic heterocycles. The predicted molar refractivity (Wildman–Crippen MR) is 92.2 cm³/mol. The summed E-state index contributed by atoms with van der Waals surface area (Å²) < 4.78 is 10.8. The van der Waals surface area contributed by atoms with Crippen LogP contribution in [0.3, 0.4) is 0 Å². The molecule has 5 nitrogen and oxygen atoms in total. The smallest absolute Gasteiger partial charge is 0.265 e. The van der Waals surface area contributed by atoms with E-state index in [4.69, 9.17) is 21.1 Å². The van der Waals surface area contributed by atoms with Crippen molar-refractivity contribution in [3.05, 3.63) is 45.1 Å². The Morgan fingerprint density at radius 2 is 2.00 bits per heavy atom. The van der Waals surface area contributed by atoms with Gasteiger partial charge in [0.2, 0.25) is 6.79 Å². The van der Waals surface area contributed by atoms with Crippen molar-refractivity contribution in [1.82, 2.24) is 4.90 Å². The van der Waals surface area contributed by atoms with Gasteiger partial charge in [-0.2, -0.15) is 0 Å². The van der Waals surface area contributed by atoms with Crippen LogP contribution in [0.15, 0.2) is 29.6 Å². The molecule has 7 heteroatoms. The number of hydrogen-bond acceptors (Lipinski definition) is 4. The SMILES string of the molecule is O=C(c1sccc1Cl)N1CC[NH+](Cc2ccc3c(c2)OCO3)CC1. The Labute approximate surface area is 149 Å². The molecule has 0 aliphatic carbocycles. The summed E-state index contributed by atoms with van der Waals surface area (Å²) in [5.74, 6) is 1.70. The highest BCUT2D eigenvalue weighted by atomic mass is 35.5. The third kappa shape index (κ3) is 3.09. The molecule has 2 aromatic rings. The Balaban J connectivity index is 1.35. The molecule has 1 aromatic carbocycles. The summed E-state index contributed by atoms with van der Waals surface area (Å²) in [5, 5.41) is 2.41. The Hall–Kier alpha value is -1.76. The molecule has 126 valence electrons. The average Bonchev–Trinajstić information content (AvgIpc) is 3.23. The number of fused-ring (bicyclic) bond motifs is 1. The number of nitrogens with one attached hydrogen (secondary N) is 1. The number of benzene rings is 1. The number of carbonyl (C=O) groups is 1. The molecule has 1 amide bonds. The van der Waals surface area contributed by atoms with E-state index in [0.717, 1.165) is 44.2 Å². The Morgan fingerprint density at radius 3 is 2.75 bits per heavy atom. The number of halogens is 1. The summed E-state index contributed by atoms with van der Waals surface area (Å²) in [4.78, 5) is 16.5. The topological polar surface area (TPSA) is 43.2 Å². The predicted octanol–water partition coefficient (Wildman–Crippen LogP) is 1.67. The molecule has 2 aliphatic heterocycles. The van der Waals surface area contributed by atoms with Gasteiger partial charge < -0.3 is 19.3 Å². The maximum absolute atomic E-state index is 12.5. The van der Waals surface area contributed by atoms with E-state index >= 15 is 0 Å². The van der Waals surface area contributed by atoms with Crippen LogP contribution in [0, 0.1) is 0 Å². The second kappa shape index (κ2) is 6.63. The van der Waals surface area contributed by atoms with Crippen molar-refractivity contribution in [2.45, 2.75) is 6.54 Å². The minimum Gasteiger partial charge on any atom is -0.454 e. The number of nitrogens with zero attached hydrogens (tertiary/aromatic N) is 1. The van der Waals surface area contributed by atoms with Crippen LogP contribution in [0.4, 0.5) is 0 Å². The number of thiophene rings is 1. The number of ether oxygens (including phenoxy) is 2. The molecule has 4 rings (SSSR count). The maximum atomic E-state index is 12.5. The number of amides is 1. The van der Waals surface area contributed by atoms with Crippen molar-refractivity contribution in [2.24, 2.45) is 0 Å². The van der Waals surface area contributed by atoms with Crippen LogP contribution in [0.25, 0.3) is 0 Å². The van der Waals surface area contributed by atoms with Gasteiger partial charge in [0.05, 0.1) is 31.2 Å². The number of quaternary nitrogens is 1. The quantitative estimate of drug-likeness (QED) is 0.899. The molecular formula is C17H18ClN2O3S+. The third-order valence-electron chi connectivity index (χ3n) is 4.46. The van der Waals surface area contributed by atoms with Gasteiger partial charge in [0.15, 0.2) is 11.5 Å². The first kappa shape index (κ1) is 15.7. The van der Waals surface area contributed by atoms with Gasteiger partial charge in [-0.05, 0) is 29.6 Å². The zero-order chi connectivity index (χ0) is 16.5. The van der Waals surface area contributed by atoms with Crippen molar-refractivity contribution in [1.29, 1.82) is 0 Å². The van der Waals surface area contributed by atoms with Crippen molar-refractivity contribution in [2.75, 3.05) is 33.0 Å². The van der Waals surface area contributed by atoms with E-state index in [9.17, 15) is 4.79 Å². The van der Waals surface area contributed by atoms with Crippen LogP contribution in [0.2, 0.25) is 5.02 Å². The molecule has 1 fully saturated rings. The zero-order valence-electron chi connectivity index (χ0n) is 13.1. The van der Waals surface area contributed by atoms with Gasteiger partial charge in [-0.15, -0.1) is 11.3 Å². The lowest BCUT2D eigenvalue weighted by Crippen LogP contribution is -3.13. The largest absolute Gasteiger partial charge is 0.454 e. The van der Waals surface area contributed by atoms with Crippen molar-refractivity contribution >= 4 is 28.8 Å². The van der Waals surface area contributed by atoms with Crippen LogP contribution >= 0.6 is 22.9 Å². The van der Waals surface area contributed by atoms with Gasteiger partial charge in [0, 0.05) is 5.56 Å². The molecule has 0 radical (unpaired) electrons. The fraction of sp³-hybridized carbons (Fsp3) is 0.353. The molecule has 24 heavy (non-hydrogen) atoms. The first-order valence-electron chi connectivity index (χ1n) is 7.95. The Bertz CT molecular complexity index is 756. The summed E-state index contributed by atoms with van der Waals surface area (Å²) in [6.07, 6.45) is 0. The van der Waals surface area contributed by atoms with E-state index in [-0.39, 0.29) is 5.91 Å². The van der Waals surface area contributed by atoms with Crippen molar-refractivity contribution < 1.29 is 19.2 Å². The van der Waals surface area contributed by atoms with E-state index in [1.807, 2.05) is 16.3 Å². The van der Waals surface area contributed by atoms with Crippen LogP contribution in [-0.2, 0) is 6.54 Å². The Morgan fingerprint density at radius 1 is 1.21 bits per heavy atom. The molecule has 0 spiro atoms. The number of rotatable bonds is 3. The highest BCUT2D eigenvalue weighted by Gasteiger charge is 2.26. The molecule has 3 heterocycles. The molecule has 1 saturated heterocycles. The number of hydrogen-bond donors (Lipinski definition) is 1. The second-order valence-corrected chi connectivity index (χ2v) is 7.33. The van der Waals surface area contributed by atoms with Gasteiger partial charge in [0.1, 0.15) is 11.4 Å². The summed E-state index contributed by atoms with van der Waals surface area (Å²) >= 11 is 7.48. The lowest BCUT2D eigenvalue weighted by molar-refractivity contribution is -0.917. The van der Waals surface area contributed by atoms with Crippen LogP contribution < -0.4 is 14.4 Å². The van der Waals surface area contributed by atoms with Crippen molar-refractivity contribution in [3.8, 4) is 11.5 Å². The fourth-order valence-corrected chi connectivity index (χ4v) is 4.24. The van der Waals surface area contributed by atoms with Gasteiger partial charge in [-0.25, -0.2) is 0 Å². The molecule has 0 unspecified atom stereocenters. The lowest BCUT2D eigenvalue weighted by Gasteiger charge is -2.32. The van der Waals surface area contributed by atoms with Gasteiger partial charge in [-0.3, -0.25) is 4.79 Å². The fourth-order valence-electron chi connectivity index (χ4n) is 3.13. The van der Waals surface area contributed by atoms with E-state index < -0.39 is 0 Å². The number of piperazine rings is 1. The minimum atomic E-state index is 0.0529. The third-order valence-corrected chi connectivity index (χ3v) is 5.79. The molecule has 0 atom stereocenters. The van der Waals surface area contributed by atoms with Crippen LogP contribution in [0.5, 0.6) is 11.5 Å². The van der Waals surface area contributed by atoms with Gasteiger partial charge in [-0.1, -0.05) is 11.6 Å². The van der Waals surface area contributed by atoms with E-state index in [1.54, 1.807) is 6.07 Å². The highest BCUT2D eigenvalue weighted by molar-refractivity contribution is 7.12. The Kier molecular flexibility index (Phi) is 4.35. The minimum absolute atomic E-state index is 0.0529. The first-order chi connectivity index (χ1) is 11.7. The second-order valence-electron chi connectivity index (χ2n) is 6.00.